The van der Waals surface area contributed by atoms with Crippen LogP contribution in [0, 0.1) is 12.7 Å². The molecular formula is C10H12ClF. The van der Waals surface area contributed by atoms with E-state index >= 15 is 0 Å². The molecule has 1 aromatic carbocycles. The molecule has 0 aliphatic heterocycles. The van der Waals surface area contributed by atoms with Gasteiger partial charge in [-0.25, -0.2) is 4.39 Å². The molecule has 1 rings (SSSR count). The molecular weight excluding hydrogens is 175 g/mol. The van der Waals surface area contributed by atoms with Crippen LogP contribution in [0.3, 0.4) is 0 Å². The van der Waals surface area contributed by atoms with Gasteiger partial charge in [-0.05, 0) is 24.0 Å². The first kappa shape index (κ1) is 9.53. The van der Waals surface area contributed by atoms with Crippen molar-refractivity contribution in [3.05, 3.63) is 35.1 Å². The molecule has 1 aromatic rings. The van der Waals surface area contributed by atoms with Gasteiger partial charge in [-0.1, -0.05) is 25.1 Å². The number of rotatable bonds is 2. The van der Waals surface area contributed by atoms with Crippen molar-refractivity contribution in [1.29, 1.82) is 0 Å². The largest absolute Gasteiger partial charge is 0.206 e. The number of halogens is 2. The molecule has 2 heteroatoms. The Morgan fingerprint density at radius 1 is 1.50 bits per heavy atom. The van der Waals surface area contributed by atoms with E-state index in [-0.39, 0.29) is 11.7 Å². The zero-order valence-electron chi connectivity index (χ0n) is 7.27. The fourth-order valence-corrected chi connectivity index (χ4v) is 1.30. The first-order valence-corrected chi connectivity index (χ1v) is 4.51. The Morgan fingerprint density at radius 3 is 2.75 bits per heavy atom. The minimum atomic E-state index is -0.120. The minimum absolute atomic E-state index is 0.0894. The summed E-state index contributed by atoms with van der Waals surface area (Å²) < 4.78 is 13.4. The van der Waals surface area contributed by atoms with Gasteiger partial charge in [0.15, 0.2) is 0 Å². The molecule has 0 spiro atoms. The summed E-state index contributed by atoms with van der Waals surface area (Å²) >= 11 is 5.64. The fourth-order valence-electron chi connectivity index (χ4n) is 1.13. The third-order valence-corrected chi connectivity index (χ3v) is 2.45. The van der Waals surface area contributed by atoms with Crippen LogP contribution < -0.4 is 0 Å². The predicted octanol–water partition coefficient (Wildman–Crippen LogP) is 3.48. The first-order chi connectivity index (χ1) is 5.66. The van der Waals surface area contributed by atoms with E-state index in [2.05, 4.69) is 0 Å². The molecule has 0 saturated heterocycles. The lowest BCUT2D eigenvalue weighted by Crippen LogP contribution is -1.99. The molecule has 0 amide bonds. The van der Waals surface area contributed by atoms with Gasteiger partial charge in [0.05, 0.1) is 0 Å². The van der Waals surface area contributed by atoms with E-state index < -0.39 is 0 Å². The van der Waals surface area contributed by atoms with E-state index in [1.54, 1.807) is 19.1 Å². The first-order valence-electron chi connectivity index (χ1n) is 3.97. The third kappa shape index (κ3) is 1.78. The Balaban J connectivity index is 3.07. The monoisotopic (exact) mass is 186 g/mol. The van der Waals surface area contributed by atoms with Gasteiger partial charge in [-0.15, -0.1) is 11.6 Å². The van der Waals surface area contributed by atoms with E-state index in [1.807, 2.05) is 13.0 Å². The molecule has 0 aromatic heterocycles. The predicted molar refractivity (Wildman–Crippen MR) is 50.3 cm³/mol. The molecule has 66 valence electrons. The fraction of sp³-hybridized carbons (Fsp3) is 0.400. The summed E-state index contributed by atoms with van der Waals surface area (Å²) in [6.45, 7) is 3.69. The molecule has 0 aliphatic carbocycles. The van der Waals surface area contributed by atoms with Crippen molar-refractivity contribution in [2.75, 3.05) is 5.88 Å². The van der Waals surface area contributed by atoms with Crippen LogP contribution in [0.15, 0.2) is 18.2 Å². The topological polar surface area (TPSA) is 0 Å². The second-order valence-electron chi connectivity index (χ2n) is 3.03. The van der Waals surface area contributed by atoms with Gasteiger partial charge >= 0.3 is 0 Å². The lowest BCUT2D eigenvalue weighted by atomic mass is 10.0. The van der Waals surface area contributed by atoms with E-state index in [0.717, 1.165) is 0 Å². The minimum Gasteiger partial charge on any atom is -0.206 e. The summed E-state index contributed by atoms with van der Waals surface area (Å²) in [4.78, 5) is 0. The molecule has 0 nitrogen and oxygen atoms in total. The summed E-state index contributed by atoms with van der Waals surface area (Å²) in [6.07, 6.45) is 0. The highest BCUT2D eigenvalue weighted by Crippen LogP contribution is 2.21. The normalized spacial score (nSPS) is 13.0. The highest BCUT2D eigenvalue weighted by atomic mass is 35.5. The Bertz CT molecular complexity index is 271. The van der Waals surface area contributed by atoms with Gasteiger partial charge in [-0.2, -0.15) is 0 Å². The zero-order chi connectivity index (χ0) is 9.14. The number of hydrogen-bond acceptors (Lipinski definition) is 0. The number of hydrogen-bond donors (Lipinski definition) is 0. The van der Waals surface area contributed by atoms with Crippen molar-refractivity contribution in [1.82, 2.24) is 0 Å². The van der Waals surface area contributed by atoms with Crippen molar-refractivity contribution in [3.63, 3.8) is 0 Å². The molecule has 0 heterocycles. The van der Waals surface area contributed by atoms with Crippen molar-refractivity contribution in [2.45, 2.75) is 19.8 Å². The van der Waals surface area contributed by atoms with Crippen molar-refractivity contribution < 1.29 is 4.39 Å². The molecule has 1 atom stereocenters. The Morgan fingerprint density at radius 2 is 2.17 bits per heavy atom. The lowest BCUT2D eigenvalue weighted by molar-refractivity contribution is 0.590. The zero-order valence-corrected chi connectivity index (χ0v) is 8.03. The van der Waals surface area contributed by atoms with E-state index in [4.69, 9.17) is 11.6 Å². The van der Waals surface area contributed by atoms with Crippen LogP contribution in [0.2, 0.25) is 0 Å². The van der Waals surface area contributed by atoms with Crippen molar-refractivity contribution >= 4 is 11.6 Å². The maximum absolute atomic E-state index is 13.4. The van der Waals surface area contributed by atoms with Crippen LogP contribution in [0.5, 0.6) is 0 Å². The lowest BCUT2D eigenvalue weighted by Gasteiger charge is -2.10. The SMILES string of the molecule is Cc1cccc(C(C)CCl)c1F. The summed E-state index contributed by atoms with van der Waals surface area (Å²) in [7, 11) is 0. The van der Waals surface area contributed by atoms with Gasteiger partial charge in [0.2, 0.25) is 0 Å². The van der Waals surface area contributed by atoms with Gasteiger partial charge < -0.3 is 0 Å². The second kappa shape index (κ2) is 3.90. The average Bonchev–Trinajstić information content (AvgIpc) is 2.08. The maximum atomic E-state index is 13.4. The van der Waals surface area contributed by atoms with Gasteiger partial charge in [0.1, 0.15) is 5.82 Å². The third-order valence-electron chi connectivity index (χ3n) is 1.98. The number of aryl methyl sites for hydroxylation is 1. The average molecular weight is 187 g/mol. The maximum Gasteiger partial charge on any atom is 0.129 e. The molecule has 12 heavy (non-hydrogen) atoms. The smallest absolute Gasteiger partial charge is 0.129 e. The number of benzene rings is 1. The van der Waals surface area contributed by atoms with Gasteiger partial charge in [0.25, 0.3) is 0 Å². The van der Waals surface area contributed by atoms with Crippen molar-refractivity contribution in [3.8, 4) is 0 Å². The van der Waals surface area contributed by atoms with Gasteiger partial charge in [0, 0.05) is 5.88 Å². The van der Waals surface area contributed by atoms with E-state index in [0.29, 0.717) is 17.0 Å². The Hall–Kier alpha value is -0.560. The standard InChI is InChI=1S/C10H12ClF/c1-7-4-3-5-9(10(7)12)8(2)6-11/h3-5,8H,6H2,1-2H3. The highest BCUT2D eigenvalue weighted by Gasteiger charge is 2.10. The molecule has 0 aliphatic rings. The molecule has 0 bridgehead atoms. The van der Waals surface area contributed by atoms with Crippen LogP contribution in [0.25, 0.3) is 0 Å². The van der Waals surface area contributed by atoms with Crippen LogP contribution in [0.1, 0.15) is 24.0 Å². The summed E-state index contributed by atoms with van der Waals surface area (Å²) in [6, 6.07) is 5.41. The van der Waals surface area contributed by atoms with Crippen LogP contribution in [-0.4, -0.2) is 5.88 Å². The van der Waals surface area contributed by atoms with Crippen LogP contribution in [0.4, 0.5) is 4.39 Å². The molecule has 0 N–H and O–H groups in total. The summed E-state index contributed by atoms with van der Waals surface area (Å²) in [5, 5.41) is 0. The quantitative estimate of drug-likeness (QED) is 0.621. The number of alkyl halides is 1. The van der Waals surface area contributed by atoms with E-state index in [9.17, 15) is 4.39 Å². The Labute approximate surface area is 77.4 Å². The van der Waals surface area contributed by atoms with Crippen molar-refractivity contribution in [2.24, 2.45) is 0 Å². The molecule has 0 saturated carbocycles. The van der Waals surface area contributed by atoms with E-state index in [1.165, 1.54) is 0 Å². The Kier molecular flexibility index (Phi) is 3.10. The van der Waals surface area contributed by atoms with Gasteiger partial charge in [-0.3, -0.25) is 0 Å². The van der Waals surface area contributed by atoms with Crippen LogP contribution in [-0.2, 0) is 0 Å². The summed E-state index contributed by atoms with van der Waals surface area (Å²) in [5.41, 5.74) is 1.40. The molecule has 1 unspecified atom stereocenters. The second-order valence-corrected chi connectivity index (χ2v) is 3.34. The highest BCUT2D eigenvalue weighted by molar-refractivity contribution is 6.18. The summed E-state index contributed by atoms with van der Waals surface area (Å²) in [5.74, 6) is 0.428. The molecule has 0 fully saturated rings. The molecule has 0 radical (unpaired) electrons. The van der Waals surface area contributed by atoms with Crippen LogP contribution >= 0.6 is 11.6 Å².